The van der Waals surface area contributed by atoms with Crippen LogP contribution >= 0.6 is 0 Å². The van der Waals surface area contributed by atoms with Crippen molar-refractivity contribution in [3.63, 3.8) is 0 Å². The summed E-state index contributed by atoms with van der Waals surface area (Å²) in [5, 5.41) is 6.43. The Morgan fingerprint density at radius 2 is 2.03 bits per heavy atom. The van der Waals surface area contributed by atoms with Crippen molar-refractivity contribution >= 4 is 17.7 Å². The highest BCUT2D eigenvalue weighted by molar-refractivity contribution is 5.87. The summed E-state index contributed by atoms with van der Waals surface area (Å²) in [4.78, 5) is 37.0. The maximum absolute atomic E-state index is 13.2. The molecule has 0 saturated carbocycles. The minimum atomic E-state index is -0.588. The van der Waals surface area contributed by atoms with E-state index in [4.69, 9.17) is 9.72 Å². The first-order valence-electron chi connectivity index (χ1n) is 14.5. The molecule has 0 bridgehead atoms. The van der Waals surface area contributed by atoms with Crippen molar-refractivity contribution in [1.82, 2.24) is 20.2 Å². The van der Waals surface area contributed by atoms with E-state index in [1.54, 1.807) is 13.1 Å². The van der Waals surface area contributed by atoms with Crippen LogP contribution in [0.2, 0.25) is 0 Å². The fraction of sp³-hybridized carbons (Fsp3) is 0.600. The Bertz CT molecular complexity index is 1030. The molecule has 2 N–H and O–H groups in total. The number of anilines is 1. The number of carbonyl (C=O) groups is 2. The van der Waals surface area contributed by atoms with Crippen molar-refractivity contribution in [1.29, 1.82) is 0 Å². The lowest BCUT2D eigenvalue weighted by Crippen LogP contribution is -2.49. The average Bonchev–Trinajstić information content (AvgIpc) is 3.40. The zero-order chi connectivity index (χ0) is 26.6. The molecule has 0 unspecified atom stereocenters. The van der Waals surface area contributed by atoms with Gasteiger partial charge in [-0.3, -0.25) is 14.7 Å². The van der Waals surface area contributed by atoms with Crippen molar-refractivity contribution in [3.8, 4) is 0 Å². The number of hydrogen-bond donors (Lipinski definition) is 2. The van der Waals surface area contributed by atoms with E-state index in [2.05, 4.69) is 32.7 Å². The number of esters is 1. The van der Waals surface area contributed by atoms with Gasteiger partial charge in [-0.15, -0.1) is 0 Å². The minimum Gasteiger partial charge on any atom is -0.464 e. The third-order valence-corrected chi connectivity index (χ3v) is 7.54. The molecule has 2 aliphatic heterocycles. The van der Waals surface area contributed by atoms with Crippen molar-refractivity contribution in [3.05, 3.63) is 53.5 Å². The maximum atomic E-state index is 13.2. The van der Waals surface area contributed by atoms with Gasteiger partial charge in [-0.2, -0.15) is 0 Å². The molecule has 0 radical (unpaired) electrons. The zero-order valence-electron chi connectivity index (χ0n) is 22.8. The molecule has 8 nitrogen and oxygen atoms in total. The fourth-order valence-electron chi connectivity index (χ4n) is 5.49. The number of aryl methyl sites for hydroxylation is 2. The van der Waals surface area contributed by atoms with Gasteiger partial charge in [0.1, 0.15) is 11.9 Å². The van der Waals surface area contributed by atoms with Gasteiger partial charge in [0.25, 0.3) is 0 Å². The van der Waals surface area contributed by atoms with Gasteiger partial charge in [0.15, 0.2) is 0 Å². The Hall–Kier alpha value is -3.00. The third-order valence-electron chi connectivity index (χ3n) is 7.54. The van der Waals surface area contributed by atoms with E-state index in [9.17, 15) is 9.59 Å². The van der Waals surface area contributed by atoms with Crippen molar-refractivity contribution < 1.29 is 14.3 Å². The number of rotatable bonds is 14. The normalized spacial score (nSPS) is 17.9. The van der Waals surface area contributed by atoms with Crippen LogP contribution in [-0.2, 0) is 33.7 Å². The molecule has 2 atom stereocenters. The van der Waals surface area contributed by atoms with Gasteiger partial charge >= 0.3 is 5.97 Å². The lowest BCUT2D eigenvalue weighted by molar-refractivity contribution is -0.148. The predicted octanol–water partition coefficient (Wildman–Crippen LogP) is 4.43. The van der Waals surface area contributed by atoms with Crippen molar-refractivity contribution in [2.24, 2.45) is 0 Å². The van der Waals surface area contributed by atoms with Crippen LogP contribution in [0.5, 0.6) is 0 Å². The topological polar surface area (TPSA) is 96.4 Å². The number of amides is 1. The number of nitrogens with one attached hydrogen (secondary N) is 2. The van der Waals surface area contributed by atoms with Crippen LogP contribution in [0.25, 0.3) is 0 Å². The standard InChI is InChI=1S/C30H43N5O3/c1-2-38-30(37)26(34-29(36)27-15-10-20-35(27)22-23-11-8-18-31-21-23)14-7-5-3-4-6-13-25-17-16-24-12-9-19-32-28(24)33-25/h8,11,16-18,21,26-27H,2-7,9-10,12-15,19-20,22H2,1H3,(H,32,33)(H,34,36)/t26-,27-/m0/s1. The highest BCUT2D eigenvalue weighted by atomic mass is 16.5. The molecule has 0 spiro atoms. The van der Waals surface area contributed by atoms with Crippen molar-refractivity contribution in [2.75, 3.05) is 25.0 Å². The number of likely N-dealkylation sites (tertiary alicyclic amines) is 1. The van der Waals surface area contributed by atoms with E-state index < -0.39 is 6.04 Å². The third kappa shape index (κ3) is 8.25. The van der Waals surface area contributed by atoms with E-state index in [0.29, 0.717) is 19.6 Å². The van der Waals surface area contributed by atoms with Crippen molar-refractivity contribution in [2.45, 2.75) is 96.2 Å². The quantitative estimate of drug-likeness (QED) is 0.280. The second-order valence-electron chi connectivity index (χ2n) is 10.5. The van der Waals surface area contributed by atoms with E-state index >= 15 is 0 Å². The minimum absolute atomic E-state index is 0.0727. The van der Waals surface area contributed by atoms with Gasteiger partial charge in [0.05, 0.1) is 12.6 Å². The molecule has 206 valence electrons. The van der Waals surface area contributed by atoms with Crippen LogP contribution in [0, 0.1) is 0 Å². The second-order valence-corrected chi connectivity index (χ2v) is 10.5. The van der Waals surface area contributed by atoms with Gasteiger partial charge in [0, 0.05) is 31.2 Å². The molecule has 4 rings (SSSR count). The molecule has 0 aliphatic carbocycles. The summed E-state index contributed by atoms with van der Waals surface area (Å²) in [5.74, 6) is 0.667. The average molecular weight is 522 g/mol. The number of aromatic nitrogens is 2. The van der Waals surface area contributed by atoms with Crippen LogP contribution in [0.1, 0.15) is 81.5 Å². The lowest BCUT2D eigenvalue weighted by Gasteiger charge is -2.26. The number of ether oxygens (including phenoxy) is 1. The summed E-state index contributed by atoms with van der Waals surface area (Å²) in [6, 6.07) is 7.52. The van der Waals surface area contributed by atoms with Crippen LogP contribution in [0.4, 0.5) is 5.82 Å². The molecule has 2 aromatic heterocycles. The molecule has 2 aromatic rings. The zero-order valence-corrected chi connectivity index (χ0v) is 22.8. The second kappa shape index (κ2) is 14.8. The lowest BCUT2D eigenvalue weighted by atomic mass is 10.0. The Morgan fingerprint density at radius 1 is 1.16 bits per heavy atom. The number of pyridine rings is 2. The van der Waals surface area contributed by atoms with Gasteiger partial charge in [-0.25, -0.2) is 9.78 Å². The summed E-state index contributed by atoms with van der Waals surface area (Å²) >= 11 is 0. The molecule has 1 saturated heterocycles. The number of hydrogen-bond acceptors (Lipinski definition) is 7. The molecular weight excluding hydrogens is 478 g/mol. The summed E-state index contributed by atoms with van der Waals surface area (Å²) in [6.45, 7) is 4.69. The van der Waals surface area contributed by atoms with Crippen LogP contribution in [0.15, 0.2) is 36.7 Å². The molecular formula is C30H43N5O3. The van der Waals surface area contributed by atoms with Crippen LogP contribution < -0.4 is 10.6 Å². The molecule has 1 amide bonds. The van der Waals surface area contributed by atoms with Crippen LogP contribution in [-0.4, -0.2) is 58.5 Å². The first kappa shape index (κ1) is 28.0. The molecule has 0 aromatic carbocycles. The maximum Gasteiger partial charge on any atom is 0.328 e. The van der Waals surface area contributed by atoms with E-state index in [-0.39, 0.29) is 17.9 Å². The molecule has 2 aliphatic rings. The summed E-state index contributed by atoms with van der Waals surface area (Å²) < 4.78 is 5.29. The van der Waals surface area contributed by atoms with Crippen LogP contribution in [0.3, 0.4) is 0 Å². The summed E-state index contributed by atoms with van der Waals surface area (Å²) in [5.41, 5.74) is 3.58. The van der Waals surface area contributed by atoms with E-state index in [1.807, 2.05) is 18.3 Å². The number of nitrogens with zero attached hydrogens (tertiary/aromatic N) is 3. The Morgan fingerprint density at radius 3 is 2.87 bits per heavy atom. The molecule has 8 heteroatoms. The molecule has 38 heavy (non-hydrogen) atoms. The Labute approximate surface area is 227 Å². The number of carbonyl (C=O) groups excluding carboxylic acids is 2. The first-order valence-corrected chi connectivity index (χ1v) is 14.5. The fourth-order valence-corrected chi connectivity index (χ4v) is 5.49. The number of unbranched alkanes of at least 4 members (excludes halogenated alkanes) is 4. The largest absolute Gasteiger partial charge is 0.464 e. The van der Waals surface area contributed by atoms with E-state index in [1.165, 1.54) is 12.0 Å². The SMILES string of the molecule is CCOC(=O)[C@H](CCCCCCCc1ccc2c(n1)NCCC2)NC(=O)[C@@H]1CCCN1Cc1cccnc1. The summed E-state index contributed by atoms with van der Waals surface area (Å²) in [6.07, 6.45) is 14.5. The molecule has 4 heterocycles. The Balaban J connectivity index is 1.18. The van der Waals surface area contributed by atoms with Gasteiger partial charge in [-0.1, -0.05) is 37.8 Å². The highest BCUT2D eigenvalue weighted by Gasteiger charge is 2.33. The predicted molar refractivity (Wildman–Crippen MR) is 149 cm³/mol. The Kier molecular flexibility index (Phi) is 10.9. The smallest absolute Gasteiger partial charge is 0.328 e. The number of fused-ring (bicyclic) bond motifs is 1. The molecule has 1 fully saturated rings. The van der Waals surface area contributed by atoms with Gasteiger partial charge < -0.3 is 15.4 Å². The monoisotopic (exact) mass is 521 g/mol. The highest BCUT2D eigenvalue weighted by Crippen LogP contribution is 2.22. The van der Waals surface area contributed by atoms with E-state index in [0.717, 1.165) is 88.0 Å². The van der Waals surface area contributed by atoms with Gasteiger partial charge in [0.2, 0.25) is 5.91 Å². The first-order chi connectivity index (χ1) is 18.6. The summed E-state index contributed by atoms with van der Waals surface area (Å²) in [7, 11) is 0. The van der Waals surface area contributed by atoms with Gasteiger partial charge in [-0.05, 0) is 81.7 Å².